The van der Waals surface area contributed by atoms with Crippen LogP contribution in [0.25, 0.3) is 0 Å². The molecule has 7 nitrogen and oxygen atoms in total. The van der Waals surface area contributed by atoms with E-state index in [1.807, 2.05) is 6.92 Å². The minimum absolute atomic E-state index is 0.00584. The highest BCUT2D eigenvalue weighted by Crippen LogP contribution is 2.50. The van der Waals surface area contributed by atoms with Crippen molar-refractivity contribution < 1.29 is 14.6 Å². The molecule has 1 saturated carbocycles. The second-order valence-electron chi connectivity index (χ2n) is 10.0. The number of rotatable bonds is 5. The van der Waals surface area contributed by atoms with Gasteiger partial charge < -0.3 is 14.7 Å². The molecule has 1 aliphatic heterocycles. The van der Waals surface area contributed by atoms with Crippen LogP contribution in [-0.2, 0) is 9.53 Å². The van der Waals surface area contributed by atoms with E-state index >= 15 is 0 Å². The lowest BCUT2D eigenvalue weighted by Crippen LogP contribution is -2.57. The maximum absolute atomic E-state index is 11.7. The van der Waals surface area contributed by atoms with E-state index in [1.165, 1.54) is 6.92 Å². The number of aliphatic hydroxyl groups is 1. The van der Waals surface area contributed by atoms with E-state index in [0.717, 1.165) is 57.0 Å². The molecule has 0 unspecified atom stereocenters. The van der Waals surface area contributed by atoms with Crippen molar-refractivity contribution in [2.45, 2.75) is 52.2 Å². The zero-order valence-corrected chi connectivity index (χ0v) is 20.8. The smallest absolute Gasteiger partial charge is 0.303 e. The molecule has 1 aromatic rings. The summed E-state index contributed by atoms with van der Waals surface area (Å²) < 4.78 is 5.43. The van der Waals surface area contributed by atoms with Gasteiger partial charge >= 0.3 is 5.97 Å². The number of aromatic nitrogens is 2. The van der Waals surface area contributed by atoms with Gasteiger partial charge in [-0.25, -0.2) is 9.97 Å². The predicted octanol–water partition coefficient (Wildman–Crippen LogP) is 3.25. The number of hydrogen-bond donors (Lipinski definition) is 1. The van der Waals surface area contributed by atoms with Gasteiger partial charge in [0.05, 0.1) is 24.4 Å². The first-order valence-electron chi connectivity index (χ1n) is 12.0. The van der Waals surface area contributed by atoms with E-state index in [9.17, 15) is 9.90 Å². The van der Waals surface area contributed by atoms with Crippen molar-refractivity contribution >= 4 is 23.4 Å². The SMILES string of the molecule is CC(=O)O[C@@H]1[C][C@@]2(O)[C@H](C)CC[C@@H]([C@H](C)CN3CCN(c4cnc(Cl)cn4)CC3)[C@H]2C=C1C. The average Bonchev–Trinajstić information content (AvgIpc) is 2.77. The quantitative estimate of drug-likeness (QED) is 0.518. The van der Waals surface area contributed by atoms with E-state index in [4.69, 9.17) is 16.3 Å². The van der Waals surface area contributed by atoms with Crippen molar-refractivity contribution in [3.8, 4) is 0 Å². The molecule has 0 spiro atoms. The second kappa shape index (κ2) is 9.88. The minimum Gasteiger partial charge on any atom is -0.457 e. The number of anilines is 1. The summed E-state index contributed by atoms with van der Waals surface area (Å²) in [5.41, 5.74) is -0.105. The number of fused-ring (bicyclic) bond motifs is 1. The number of nitrogens with zero attached hydrogens (tertiary/aromatic N) is 4. The average molecular weight is 475 g/mol. The molecule has 2 aliphatic carbocycles. The van der Waals surface area contributed by atoms with Gasteiger partial charge in [-0.15, -0.1) is 0 Å². The summed E-state index contributed by atoms with van der Waals surface area (Å²) >= 11 is 5.86. The van der Waals surface area contributed by atoms with E-state index < -0.39 is 11.7 Å². The van der Waals surface area contributed by atoms with Gasteiger partial charge in [0.25, 0.3) is 0 Å². The zero-order valence-electron chi connectivity index (χ0n) is 20.0. The third kappa shape index (κ3) is 5.20. The summed E-state index contributed by atoms with van der Waals surface area (Å²) in [6.07, 6.45) is 10.2. The molecule has 0 aromatic carbocycles. The van der Waals surface area contributed by atoms with Gasteiger partial charge in [-0.2, -0.15) is 0 Å². The molecular formula is C25H35ClN4O3. The van der Waals surface area contributed by atoms with Gasteiger partial charge in [-0.3, -0.25) is 9.69 Å². The molecule has 1 saturated heterocycles. The molecule has 4 rings (SSSR count). The van der Waals surface area contributed by atoms with Crippen LogP contribution in [0.3, 0.4) is 0 Å². The number of carbonyl (C=O) groups is 1. The summed E-state index contributed by atoms with van der Waals surface area (Å²) in [7, 11) is 0. The Kier molecular flexibility index (Phi) is 7.32. The summed E-state index contributed by atoms with van der Waals surface area (Å²) in [4.78, 5) is 24.8. The van der Waals surface area contributed by atoms with Gasteiger partial charge in [-0.05, 0) is 43.1 Å². The van der Waals surface area contributed by atoms with Crippen LogP contribution in [0.2, 0.25) is 5.15 Å². The largest absolute Gasteiger partial charge is 0.457 e. The van der Waals surface area contributed by atoms with Crippen LogP contribution in [0.15, 0.2) is 24.0 Å². The molecule has 33 heavy (non-hydrogen) atoms. The summed E-state index contributed by atoms with van der Waals surface area (Å²) in [6, 6.07) is 0. The molecule has 1 aromatic heterocycles. The Hall–Kier alpha value is -1.70. The molecular weight excluding hydrogens is 440 g/mol. The molecule has 6 atom stereocenters. The lowest BCUT2D eigenvalue weighted by atomic mass is 9.57. The maximum Gasteiger partial charge on any atom is 0.303 e. The Bertz CT molecular complexity index is 871. The van der Waals surface area contributed by atoms with Crippen molar-refractivity contribution in [1.82, 2.24) is 14.9 Å². The van der Waals surface area contributed by atoms with E-state index in [1.54, 1.807) is 12.4 Å². The molecule has 1 N–H and O–H groups in total. The zero-order chi connectivity index (χ0) is 23.8. The molecule has 3 aliphatic rings. The van der Waals surface area contributed by atoms with Crippen LogP contribution in [0.4, 0.5) is 5.82 Å². The Morgan fingerprint density at radius 1 is 1.30 bits per heavy atom. The monoisotopic (exact) mass is 474 g/mol. The molecule has 2 radical (unpaired) electrons. The first-order valence-corrected chi connectivity index (χ1v) is 12.4. The van der Waals surface area contributed by atoms with Crippen molar-refractivity contribution in [1.29, 1.82) is 0 Å². The number of ether oxygens (including phenoxy) is 1. The van der Waals surface area contributed by atoms with Crippen LogP contribution in [-0.4, -0.2) is 70.4 Å². The second-order valence-corrected chi connectivity index (χ2v) is 10.4. The normalized spacial score (nSPS) is 33.8. The fraction of sp³-hybridized carbons (Fsp3) is 0.680. The molecule has 0 bridgehead atoms. The Labute approximate surface area is 202 Å². The van der Waals surface area contributed by atoms with Crippen LogP contribution in [0.1, 0.15) is 40.5 Å². The molecule has 8 heteroatoms. The Morgan fingerprint density at radius 3 is 2.67 bits per heavy atom. The van der Waals surface area contributed by atoms with E-state index in [2.05, 4.69) is 46.1 Å². The Balaban J connectivity index is 1.40. The van der Waals surface area contributed by atoms with E-state index in [-0.39, 0.29) is 17.8 Å². The van der Waals surface area contributed by atoms with Crippen LogP contribution < -0.4 is 4.90 Å². The van der Waals surface area contributed by atoms with Gasteiger partial charge in [-0.1, -0.05) is 31.5 Å². The van der Waals surface area contributed by atoms with Gasteiger partial charge in [0.1, 0.15) is 17.1 Å². The summed E-state index contributed by atoms with van der Waals surface area (Å²) in [6.45, 7) is 12.5. The fourth-order valence-corrected chi connectivity index (χ4v) is 5.88. The molecule has 0 amide bonds. The lowest BCUT2D eigenvalue weighted by Gasteiger charge is -2.53. The predicted molar refractivity (Wildman–Crippen MR) is 128 cm³/mol. The van der Waals surface area contributed by atoms with Gasteiger partial charge in [0.2, 0.25) is 0 Å². The van der Waals surface area contributed by atoms with E-state index in [0.29, 0.717) is 17.0 Å². The highest BCUT2D eigenvalue weighted by atomic mass is 35.5. The van der Waals surface area contributed by atoms with Crippen molar-refractivity contribution in [3.05, 3.63) is 35.6 Å². The molecule has 180 valence electrons. The third-order valence-electron chi connectivity index (χ3n) is 7.74. The van der Waals surface area contributed by atoms with Crippen molar-refractivity contribution in [2.24, 2.45) is 23.7 Å². The van der Waals surface area contributed by atoms with Crippen molar-refractivity contribution in [2.75, 3.05) is 37.6 Å². The van der Waals surface area contributed by atoms with Gasteiger partial charge in [0, 0.05) is 45.6 Å². The highest BCUT2D eigenvalue weighted by Gasteiger charge is 2.53. The number of hydrogen-bond acceptors (Lipinski definition) is 7. The van der Waals surface area contributed by atoms with Crippen LogP contribution in [0.5, 0.6) is 0 Å². The topological polar surface area (TPSA) is 78.8 Å². The Morgan fingerprint density at radius 2 is 2.03 bits per heavy atom. The van der Waals surface area contributed by atoms with Gasteiger partial charge in [0.15, 0.2) is 0 Å². The van der Waals surface area contributed by atoms with Crippen LogP contribution >= 0.6 is 11.6 Å². The minimum atomic E-state index is -1.07. The number of carbonyl (C=O) groups excluding carboxylic acids is 1. The number of halogens is 1. The molecule has 2 heterocycles. The first-order chi connectivity index (χ1) is 15.7. The maximum atomic E-state index is 11.7. The van der Waals surface area contributed by atoms with Crippen LogP contribution in [0, 0.1) is 30.1 Å². The number of piperazine rings is 1. The number of esters is 1. The highest BCUT2D eigenvalue weighted by molar-refractivity contribution is 6.29. The standard InChI is InChI=1S/C25H35ClN4O3/c1-16-11-21-20(6-5-18(3)25(21,32)12-22(16)33-19(4)31)17(2)15-29-7-9-30(10-8-29)24-14-27-23(26)13-28-24/h11,13-14,17-18,20-22,32H,5-10,15H2,1-4H3/t17-,18-,20+,21-,22-,25-/m1/s1. The van der Waals surface area contributed by atoms with Crippen molar-refractivity contribution in [3.63, 3.8) is 0 Å². The third-order valence-corrected chi connectivity index (χ3v) is 7.93. The summed E-state index contributed by atoms with van der Waals surface area (Å²) in [5, 5.41) is 12.1. The fourth-order valence-electron chi connectivity index (χ4n) is 5.78. The lowest BCUT2D eigenvalue weighted by molar-refractivity contribution is -0.148. The summed E-state index contributed by atoms with van der Waals surface area (Å²) in [5.74, 6) is 1.37. The molecule has 2 fully saturated rings. The first kappa shape index (κ1) is 24.4.